The summed E-state index contributed by atoms with van der Waals surface area (Å²) in [4.78, 5) is 17.9. The third kappa shape index (κ3) is 2.39. The van der Waals surface area contributed by atoms with Crippen LogP contribution in [0.4, 0.5) is 5.69 Å². The summed E-state index contributed by atoms with van der Waals surface area (Å²) in [7, 11) is 0. The Balaban J connectivity index is 1.84. The summed E-state index contributed by atoms with van der Waals surface area (Å²) in [6, 6.07) is 7.58. The van der Waals surface area contributed by atoms with Crippen LogP contribution in [-0.4, -0.2) is 28.9 Å². The lowest BCUT2D eigenvalue weighted by molar-refractivity contribution is 0.0765. The first-order valence-electron chi connectivity index (χ1n) is 7.74. The first-order chi connectivity index (χ1) is 10.1. The van der Waals surface area contributed by atoms with Crippen LogP contribution in [0, 0.1) is 5.41 Å². The van der Waals surface area contributed by atoms with E-state index in [1.54, 1.807) is 0 Å². The minimum absolute atomic E-state index is 0.105. The SMILES string of the molecule is CCC1(CC)CCN(C(=O)c2cc3cc(N)ccc3[nH]2)C1. The molecule has 3 N–H and O–H groups in total. The number of likely N-dealkylation sites (tertiary alicyclic amines) is 1. The van der Waals surface area contributed by atoms with Gasteiger partial charge in [-0.2, -0.15) is 0 Å². The molecule has 0 aliphatic carbocycles. The lowest BCUT2D eigenvalue weighted by Gasteiger charge is -2.26. The van der Waals surface area contributed by atoms with Crippen molar-refractivity contribution >= 4 is 22.5 Å². The standard InChI is InChI=1S/C17H23N3O/c1-3-17(4-2)7-8-20(11-17)16(21)15-10-12-9-13(18)5-6-14(12)19-15/h5-6,9-10,19H,3-4,7-8,11,18H2,1-2H3. The zero-order valence-corrected chi connectivity index (χ0v) is 12.8. The Morgan fingerprint density at radius 1 is 1.33 bits per heavy atom. The van der Waals surface area contributed by atoms with Crippen molar-refractivity contribution in [1.29, 1.82) is 0 Å². The van der Waals surface area contributed by atoms with Crippen molar-refractivity contribution in [3.8, 4) is 0 Å². The molecule has 0 radical (unpaired) electrons. The van der Waals surface area contributed by atoms with E-state index >= 15 is 0 Å². The van der Waals surface area contributed by atoms with E-state index in [9.17, 15) is 4.79 Å². The molecule has 1 saturated heterocycles. The van der Waals surface area contributed by atoms with Crippen molar-refractivity contribution in [3.63, 3.8) is 0 Å². The number of rotatable bonds is 3. The van der Waals surface area contributed by atoms with Crippen LogP contribution >= 0.6 is 0 Å². The third-order valence-electron chi connectivity index (χ3n) is 5.10. The maximum Gasteiger partial charge on any atom is 0.270 e. The van der Waals surface area contributed by atoms with Gasteiger partial charge in [0.25, 0.3) is 5.91 Å². The number of hydrogen-bond donors (Lipinski definition) is 2. The summed E-state index contributed by atoms with van der Waals surface area (Å²) in [6.07, 6.45) is 3.38. The average molecular weight is 285 g/mol. The van der Waals surface area contributed by atoms with Crippen molar-refractivity contribution < 1.29 is 4.79 Å². The normalized spacial score (nSPS) is 17.5. The highest BCUT2D eigenvalue weighted by molar-refractivity contribution is 5.98. The van der Waals surface area contributed by atoms with E-state index in [4.69, 9.17) is 5.73 Å². The van der Waals surface area contributed by atoms with Crippen LogP contribution in [0.3, 0.4) is 0 Å². The van der Waals surface area contributed by atoms with E-state index < -0.39 is 0 Å². The first-order valence-corrected chi connectivity index (χ1v) is 7.74. The number of H-pyrrole nitrogens is 1. The molecule has 4 nitrogen and oxygen atoms in total. The van der Waals surface area contributed by atoms with Gasteiger partial charge in [-0.05, 0) is 48.9 Å². The fourth-order valence-electron chi connectivity index (χ4n) is 3.37. The van der Waals surface area contributed by atoms with E-state index in [0.29, 0.717) is 11.1 Å². The molecule has 2 aromatic rings. The van der Waals surface area contributed by atoms with Crippen molar-refractivity contribution in [2.45, 2.75) is 33.1 Å². The molecule has 0 spiro atoms. The van der Waals surface area contributed by atoms with Crippen LogP contribution in [0.5, 0.6) is 0 Å². The van der Waals surface area contributed by atoms with Crippen LogP contribution in [0.2, 0.25) is 0 Å². The maximum absolute atomic E-state index is 12.7. The number of aromatic amines is 1. The lowest BCUT2D eigenvalue weighted by atomic mass is 9.82. The number of nitrogens with zero attached hydrogens (tertiary/aromatic N) is 1. The molecule has 1 aromatic heterocycles. The molecule has 1 fully saturated rings. The van der Waals surface area contributed by atoms with Gasteiger partial charge in [0.05, 0.1) is 0 Å². The molecule has 0 saturated carbocycles. The minimum Gasteiger partial charge on any atom is -0.399 e. The largest absolute Gasteiger partial charge is 0.399 e. The Morgan fingerprint density at radius 2 is 2.10 bits per heavy atom. The van der Waals surface area contributed by atoms with Gasteiger partial charge in [0.15, 0.2) is 0 Å². The number of carbonyl (C=O) groups is 1. The molecule has 0 atom stereocenters. The molecule has 1 amide bonds. The van der Waals surface area contributed by atoms with Crippen molar-refractivity contribution in [2.75, 3.05) is 18.8 Å². The number of hydrogen-bond acceptors (Lipinski definition) is 2. The molecule has 0 bridgehead atoms. The topological polar surface area (TPSA) is 62.1 Å². The van der Waals surface area contributed by atoms with Gasteiger partial charge in [-0.25, -0.2) is 0 Å². The van der Waals surface area contributed by atoms with Gasteiger partial charge in [0.1, 0.15) is 5.69 Å². The summed E-state index contributed by atoms with van der Waals surface area (Å²) in [5, 5.41) is 0.995. The molecule has 2 heterocycles. The van der Waals surface area contributed by atoms with Gasteiger partial charge in [0.2, 0.25) is 0 Å². The predicted octanol–water partition coefficient (Wildman–Crippen LogP) is 3.40. The van der Waals surface area contributed by atoms with E-state index in [0.717, 1.165) is 48.9 Å². The Hall–Kier alpha value is -1.97. The molecular weight excluding hydrogens is 262 g/mol. The summed E-state index contributed by atoms with van der Waals surface area (Å²) >= 11 is 0. The molecule has 0 unspecified atom stereocenters. The highest BCUT2D eigenvalue weighted by Gasteiger charge is 2.37. The molecule has 1 aliphatic heterocycles. The van der Waals surface area contributed by atoms with Crippen LogP contribution < -0.4 is 5.73 Å². The second-order valence-corrected chi connectivity index (χ2v) is 6.21. The first kappa shape index (κ1) is 14.0. The Morgan fingerprint density at radius 3 is 2.76 bits per heavy atom. The molecule has 4 heteroatoms. The number of carbonyl (C=O) groups excluding carboxylic acids is 1. The monoisotopic (exact) mass is 285 g/mol. The van der Waals surface area contributed by atoms with Gasteiger partial charge in [-0.1, -0.05) is 13.8 Å². The highest BCUT2D eigenvalue weighted by atomic mass is 16.2. The van der Waals surface area contributed by atoms with Gasteiger partial charge in [-0.15, -0.1) is 0 Å². The highest BCUT2D eigenvalue weighted by Crippen LogP contribution is 2.37. The third-order valence-corrected chi connectivity index (χ3v) is 5.10. The van der Waals surface area contributed by atoms with Gasteiger partial charge < -0.3 is 15.6 Å². The van der Waals surface area contributed by atoms with Crippen molar-refractivity contribution in [3.05, 3.63) is 30.0 Å². The smallest absolute Gasteiger partial charge is 0.270 e. The van der Waals surface area contributed by atoms with Crippen LogP contribution in [0.1, 0.15) is 43.6 Å². The minimum atomic E-state index is 0.105. The fourth-order valence-corrected chi connectivity index (χ4v) is 3.37. The van der Waals surface area contributed by atoms with E-state index in [1.807, 2.05) is 29.2 Å². The van der Waals surface area contributed by atoms with Gasteiger partial charge in [0, 0.05) is 29.7 Å². The number of aromatic nitrogens is 1. The van der Waals surface area contributed by atoms with Crippen molar-refractivity contribution in [2.24, 2.45) is 5.41 Å². The molecule has 21 heavy (non-hydrogen) atoms. The zero-order chi connectivity index (χ0) is 15.0. The number of benzene rings is 1. The van der Waals surface area contributed by atoms with E-state index in [2.05, 4.69) is 18.8 Å². The quantitative estimate of drug-likeness (QED) is 0.849. The average Bonchev–Trinajstić information content (AvgIpc) is 3.10. The number of nitrogen functional groups attached to an aromatic ring is 1. The fraction of sp³-hybridized carbons (Fsp3) is 0.471. The second kappa shape index (κ2) is 5.10. The summed E-state index contributed by atoms with van der Waals surface area (Å²) in [6.45, 7) is 6.18. The van der Waals surface area contributed by atoms with E-state index in [1.165, 1.54) is 0 Å². The number of fused-ring (bicyclic) bond motifs is 1. The van der Waals surface area contributed by atoms with Crippen molar-refractivity contribution in [1.82, 2.24) is 9.88 Å². The Bertz CT molecular complexity index is 670. The van der Waals surface area contributed by atoms with E-state index in [-0.39, 0.29) is 5.91 Å². The molecule has 3 rings (SSSR count). The molecular formula is C17H23N3O. The molecule has 112 valence electrons. The van der Waals surface area contributed by atoms with Crippen LogP contribution in [0.15, 0.2) is 24.3 Å². The zero-order valence-electron chi connectivity index (χ0n) is 12.8. The number of nitrogens with one attached hydrogen (secondary N) is 1. The summed E-state index contributed by atoms with van der Waals surface area (Å²) in [5.74, 6) is 0.105. The summed E-state index contributed by atoms with van der Waals surface area (Å²) < 4.78 is 0. The Kier molecular flexibility index (Phi) is 3.40. The number of anilines is 1. The Labute approximate surface area is 125 Å². The maximum atomic E-state index is 12.7. The van der Waals surface area contributed by atoms with Crippen LogP contribution in [-0.2, 0) is 0 Å². The predicted molar refractivity (Wildman–Crippen MR) is 86.2 cm³/mol. The lowest BCUT2D eigenvalue weighted by Crippen LogP contribution is -2.31. The van der Waals surface area contributed by atoms with Crippen LogP contribution in [0.25, 0.3) is 10.9 Å². The number of nitrogens with two attached hydrogens (primary N) is 1. The van der Waals surface area contributed by atoms with Gasteiger partial charge in [-0.3, -0.25) is 4.79 Å². The molecule has 1 aromatic carbocycles. The number of amides is 1. The molecule has 1 aliphatic rings. The summed E-state index contributed by atoms with van der Waals surface area (Å²) in [5.41, 5.74) is 8.45. The van der Waals surface area contributed by atoms with Gasteiger partial charge >= 0.3 is 0 Å². The second-order valence-electron chi connectivity index (χ2n) is 6.21.